The summed E-state index contributed by atoms with van der Waals surface area (Å²) >= 11 is 6.24. The number of oxime groups is 1. The average Bonchev–Trinajstić information content (AvgIpc) is 3.49. The smallest absolute Gasteiger partial charge is 0.268 e. The summed E-state index contributed by atoms with van der Waals surface area (Å²) in [7, 11) is 0. The highest BCUT2D eigenvalue weighted by atomic mass is 35.5. The fourth-order valence-electron chi connectivity index (χ4n) is 3.97. The molecule has 1 aromatic carbocycles. The fraction of sp³-hybridized carbons (Fsp3) is 0.417. The van der Waals surface area contributed by atoms with Crippen LogP contribution in [0.25, 0.3) is 0 Å². The molecule has 1 aliphatic heterocycles. The number of ether oxygens (including phenoxy) is 1. The van der Waals surface area contributed by atoms with E-state index in [0.717, 1.165) is 45.4 Å². The number of aromatic nitrogens is 4. The topological polar surface area (TPSA) is 95.6 Å². The first-order chi connectivity index (χ1) is 16.2. The van der Waals surface area contributed by atoms with Gasteiger partial charge in [-0.05, 0) is 64.8 Å². The van der Waals surface area contributed by atoms with Gasteiger partial charge in [-0.2, -0.15) is 10.2 Å². The second kappa shape index (κ2) is 9.50. The molecule has 1 unspecified atom stereocenters. The molecule has 3 aromatic rings. The first-order valence-electron chi connectivity index (χ1n) is 11.2. The number of carbonyl (C=O) groups excluding carboxylic acids is 1. The van der Waals surface area contributed by atoms with Crippen LogP contribution >= 0.6 is 11.6 Å². The third kappa shape index (κ3) is 4.65. The molecule has 3 heterocycles. The minimum absolute atomic E-state index is 0.205. The number of nitrogens with zero attached hydrogens (tertiary/aromatic N) is 5. The van der Waals surface area contributed by atoms with Crippen molar-refractivity contribution in [3.05, 3.63) is 57.1 Å². The van der Waals surface area contributed by atoms with Gasteiger partial charge in [-0.15, -0.1) is 0 Å². The van der Waals surface area contributed by atoms with Crippen molar-refractivity contribution in [2.75, 3.05) is 5.32 Å². The zero-order valence-corrected chi connectivity index (χ0v) is 21.0. The van der Waals surface area contributed by atoms with Gasteiger partial charge in [0.2, 0.25) is 6.10 Å². The number of nitrogens with one attached hydrogen (secondary N) is 1. The summed E-state index contributed by atoms with van der Waals surface area (Å²) in [4.78, 5) is 18.4. The standard InChI is InChI=1S/C24H29ClN6O3/c1-7-30-11-19(15(4)27-30)20-10-21(34-29-20)24(32)26-23-16(5)28-31(17(23)6)12-33-18-8-13(2)22(25)14(3)9-18/h8-9,11,21H,7,10,12H2,1-6H3,(H,26,32). The largest absolute Gasteiger partial charge is 0.471 e. The molecule has 1 N–H and O–H groups in total. The van der Waals surface area contributed by atoms with Crippen molar-refractivity contribution in [2.24, 2.45) is 5.16 Å². The van der Waals surface area contributed by atoms with E-state index in [2.05, 4.69) is 20.7 Å². The Morgan fingerprint density at radius 1 is 1.18 bits per heavy atom. The number of hydrogen-bond acceptors (Lipinski definition) is 6. The van der Waals surface area contributed by atoms with Crippen molar-refractivity contribution >= 4 is 28.9 Å². The predicted octanol–water partition coefficient (Wildman–Crippen LogP) is 4.46. The van der Waals surface area contributed by atoms with Gasteiger partial charge in [0.25, 0.3) is 5.91 Å². The van der Waals surface area contributed by atoms with Crippen LogP contribution < -0.4 is 10.1 Å². The van der Waals surface area contributed by atoms with Gasteiger partial charge in [0.15, 0.2) is 6.73 Å². The number of amides is 1. The summed E-state index contributed by atoms with van der Waals surface area (Å²) in [5.74, 6) is 0.443. The van der Waals surface area contributed by atoms with E-state index >= 15 is 0 Å². The summed E-state index contributed by atoms with van der Waals surface area (Å²) in [6.07, 6.45) is 1.60. The molecule has 0 radical (unpaired) electrons. The Hall–Kier alpha value is -3.33. The van der Waals surface area contributed by atoms with E-state index < -0.39 is 6.10 Å². The number of anilines is 1. The van der Waals surface area contributed by atoms with Crippen LogP contribution in [0.5, 0.6) is 5.75 Å². The quantitative estimate of drug-likeness (QED) is 0.534. The molecule has 2 aromatic heterocycles. The maximum Gasteiger partial charge on any atom is 0.268 e. The van der Waals surface area contributed by atoms with Gasteiger partial charge >= 0.3 is 0 Å². The van der Waals surface area contributed by atoms with Crippen LogP contribution in [0.15, 0.2) is 23.5 Å². The van der Waals surface area contributed by atoms with Crippen molar-refractivity contribution in [2.45, 2.75) is 67.3 Å². The Morgan fingerprint density at radius 3 is 2.53 bits per heavy atom. The lowest BCUT2D eigenvalue weighted by molar-refractivity contribution is -0.125. The monoisotopic (exact) mass is 484 g/mol. The highest BCUT2D eigenvalue weighted by molar-refractivity contribution is 6.32. The van der Waals surface area contributed by atoms with Crippen molar-refractivity contribution in [1.82, 2.24) is 19.6 Å². The lowest BCUT2D eigenvalue weighted by Gasteiger charge is -2.12. The molecule has 180 valence electrons. The molecule has 0 fully saturated rings. The summed E-state index contributed by atoms with van der Waals surface area (Å²) < 4.78 is 9.48. The van der Waals surface area contributed by atoms with Crippen LogP contribution in [0, 0.1) is 34.6 Å². The van der Waals surface area contributed by atoms with Gasteiger partial charge in [0.1, 0.15) is 5.75 Å². The molecule has 1 atom stereocenters. The Kier molecular flexibility index (Phi) is 6.65. The van der Waals surface area contributed by atoms with Gasteiger partial charge in [-0.3, -0.25) is 9.48 Å². The van der Waals surface area contributed by atoms with Crippen LogP contribution in [0.2, 0.25) is 5.02 Å². The van der Waals surface area contributed by atoms with Crippen molar-refractivity contribution < 1.29 is 14.4 Å². The molecular formula is C24H29ClN6O3. The average molecular weight is 485 g/mol. The third-order valence-electron chi connectivity index (χ3n) is 5.94. The molecule has 1 amide bonds. The van der Waals surface area contributed by atoms with Crippen molar-refractivity contribution in [1.29, 1.82) is 0 Å². The highest BCUT2D eigenvalue weighted by Crippen LogP contribution is 2.27. The van der Waals surface area contributed by atoms with Gasteiger partial charge in [-0.25, -0.2) is 4.68 Å². The van der Waals surface area contributed by atoms with Crippen LogP contribution in [-0.4, -0.2) is 37.3 Å². The highest BCUT2D eigenvalue weighted by Gasteiger charge is 2.31. The van der Waals surface area contributed by atoms with Crippen molar-refractivity contribution in [3.63, 3.8) is 0 Å². The third-order valence-corrected chi connectivity index (χ3v) is 6.53. The van der Waals surface area contributed by atoms with Crippen LogP contribution in [0.4, 0.5) is 5.69 Å². The minimum Gasteiger partial charge on any atom is -0.471 e. The van der Waals surface area contributed by atoms with E-state index in [9.17, 15) is 4.79 Å². The summed E-state index contributed by atoms with van der Waals surface area (Å²) in [6, 6.07) is 3.79. The molecule has 9 nitrogen and oxygen atoms in total. The number of benzene rings is 1. The lowest BCUT2D eigenvalue weighted by atomic mass is 10.1. The first kappa shape index (κ1) is 23.8. The van der Waals surface area contributed by atoms with E-state index in [4.69, 9.17) is 21.2 Å². The second-order valence-electron chi connectivity index (χ2n) is 8.50. The summed E-state index contributed by atoms with van der Waals surface area (Å²) in [6.45, 7) is 12.5. The maximum atomic E-state index is 12.9. The molecule has 1 aliphatic rings. The van der Waals surface area contributed by atoms with Crippen LogP contribution in [0.1, 0.15) is 47.1 Å². The molecule has 34 heavy (non-hydrogen) atoms. The number of carbonyl (C=O) groups is 1. The van der Waals surface area contributed by atoms with Crippen LogP contribution in [-0.2, 0) is 22.9 Å². The Balaban J connectivity index is 1.41. The summed E-state index contributed by atoms with van der Waals surface area (Å²) in [5, 5.41) is 16.8. The zero-order valence-electron chi connectivity index (χ0n) is 20.3. The molecule has 0 spiro atoms. The molecule has 10 heteroatoms. The normalized spacial score (nSPS) is 15.3. The summed E-state index contributed by atoms with van der Waals surface area (Å²) in [5.41, 5.74) is 6.52. The molecule has 0 saturated carbocycles. The maximum absolute atomic E-state index is 12.9. The number of aryl methyl sites for hydroxylation is 5. The van der Waals surface area contributed by atoms with Gasteiger partial charge in [-0.1, -0.05) is 16.8 Å². The molecule has 4 rings (SSSR count). The van der Waals surface area contributed by atoms with E-state index in [1.165, 1.54) is 0 Å². The Labute approximate surface area is 203 Å². The molecule has 0 aliphatic carbocycles. The van der Waals surface area contributed by atoms with Crippen molar-refractivity contribution in [3.8, 4) is 5.75 Å². The number of hydrogen-bond donors (Lipinski definition) is 1. The van der Waals surface area contributed by atoms with E-state index in [1.807, 2.05) is 64.6 Å². The van der Waals surface area contributed by atoms with E-state index in [0.29, 0.717) is 23.6 Å². The minimum atomic E-state index is -0.710. The number of rotatable bonds is 7. The lowest BCUT2D eigenvalue weighted by Crippen LogP contribution is -2.28. The zero-order chi connectivity index (χ0) is 24.6. The SMILES string of the molecule is CCn1cc(C2=NOC(C(=O)Nc3c(C)nn(COc4cc(C)c(Cl)c(C)c4)c3C)C2)c(C)n1. The fourth-order valence-corrected chi connectivity index (χ4v) is 4.08. The molecule has 0 bridgehead atoms. The predicted molar refractivity (Wildman–Crippen MR) is 131 cm³/mol. The Morgan fingerprint density at radius 2 is 1.88 bits per heavy atom. The second-order valence-corrected chi connectivity index (χ2v) is 8.88. The molecule has 0 saturated heterocycles. The van der Waals surface area contributed by atoms with Gasteiger partial charge in [0, 0.05) is 29.7 Å². The molecular weight excluding hydrogens is 456 g/mol. The van der Waals surface area contributed by atoms with Gasteiger partial charge in [0.05, 0.1) is 28.5 Å². The van der Waals surface area contributed by atoms with Gasteiger partial charge < -0.3 is 14.9 Å². The number of halogens is 1. The van der Waals surface area contributed by atoms with Crippen LogP contribution in [0.3, 0.4) is 0 Å². The Bertz CT molecular complexity index is 1250. The van der Waals surface area contributed by atoms with E-state index in [-0.39, 0.29) is 12.6 Å². The first-order valence-corrected chi connectivity index (χ1v) is 11.6. The van der Waals surface area contributed by atoms with E-state index in [1.54, 1.807) is 4.68 Å².